The van der Waals surface area contributed by atoms with E-state index in [0.717, 1.165) is 16.9 Å². The Balaban J connectivity index is 2.22. The molecular weight excluding hydrogens is 202 g/mol. The first-order valence-corrected chi connectivity index (χ1v) is 5.28. The Labute approximate surface area is 94.6 Å². The maximum absolute atomic E-state index is 7.65. The maximum Gasteiger partial charge on any atom is 0.155 e. The van der Waals surface area contributed by atoms with Crippen LogP contribution in [0, 0.1) is 11.3 Å². The summed E-state index contributed by atoms with van der Waals surface area (Å²) in [5.74, 6) is 1.87. The van der Waals surface area contributed by atoms with Gasteiger partial charge >= 0.3 is 0 Å². The highest BCUT2D eigenvalue weighted by Crippen LogP contribution is 2.23. The molecule has 0 saturated carbocycles. The van der Waals surface area contributed by atoms with Gasteiger partial charge in [0.05, 0.1) is 6.61 Å². The molecule has 1 heterocycles. The van der Waals surface area contributed by atoms with Gasteiger partial charge in [0.1, 0.15) is 11.6 Å². The Kier molecular flexibility index (Phi) is 2.64. The highest BCUT2D eigenvalue weighted by molar-refractivity contribution is 6.20. The second kappa shape index (κ2) is 3.96. The molecule has 0 aromatic heterocycles. The first-order chi connectivity index (χ1) is 7.58. The van der Waals surface area contributed by atoms with Crippen molar-refractivity contribution in [3.05, 3.63) is 29.3 Å². The summed E-state index contributed by atoms with van der Waals surface area (Å²) in [4.78, 5) is 3.92. The van der Waals surface area contributed by atoms with Crippen LogP contribution in [-0.2, 0) is 0 Å². The van der Waals surface area contributed by atoms with E-state index < -0.39 is 0 Å². The molecule has 3 N–H and O–H groups in total. The number of nitrogens with zero attached hydrogens (tertiary/aromatic N) is 1. The number of hydrogen-bond acceptors (Lipinski definition) is 3. The van der Waals surface area contributed by atoms with Crippen LogP contribution in [0.1, 0.15) is 25.0 Å². The third-order valence-electron chi connectivity index (χ3n) is 2.34. The van der Waals surface area contributed by atoms with Crippen LogP contribution in [0.2, 0.25) is 0 Å². The molecule has 4 heteroatoms. The van der Waals surface area contributed by atoms with E-state index in [9.17, 15) is 0 Å². The number of hydrogen-bond donors (Lipinski definition) is 2. The number of rotatable bonds is 3. The first-order valence-electron chi connectivity index (χ1n) is 5.28. The quantitative estimate of drug-likeness (QED) is 0.809. The smallest absolute Gasteiger partial charge is 0.155 e. The van der Waals surface area contributed by atoms with E-state index in [4.69, 9.17) is 15.9 Å². The predicted octanol–water partition coefficient (Wildman–Crippen LogP) is 1.77. The number of ether oxygens (including phenoxy) is 1. The van der Waals surface area contributed by atoms with Crippen molar-refractivity contribution >= 4 is 11.7 Å². The standard InChI is InChI=1S/C12H15N3O/c1-7(2)6-16-8-3-4-9-10(5-8)12(14)15-11(9)13/h3-5,7H,6H2,1-2H3,(H3,13,14,15). The van der Waals surface area contributed by atoms with E-state index in [1.165, 1.54) is 0 Å². The Bertz CT molecular complexity index is 463. The summed E-state index contributed by atoms with van der Waals surface area (Å²) in [6, 6.07) is 5.54. The zero-order valence-corrected chi connectivity index (χ0v) is 9.45. The van der Waals surface area contributed by atoms with Crippen LogP contribution in [0.4, 0.5) is 0 Å². The fourth-order valence-corrected chi connectivity index (χ4v) is 1.54. The molecule has 0 spiro atoms. The Morgan fingerprint density at radius 1 is 1.38 bits per heavy atom. The van der Waals surface area contributed by atoms with Crippen molar-refractivity contribution in [3.63, 3.8) is 0 Å². The lowest BCUT2D eigenvalue weighted by atomic mass is 10.1. The topological polar surface area (TPSA) is 71.5 Å². The van der Waals surface area contributed by atoms with Gasteiger partial charge in [0.15, 0.2) is 5.84 Å². The molecule has 0 radical (unpaired) electrons. The number of nitrogens with two attached hydrogens (primary N) is 1. The number of fused-ring (bicyclic) bond motifs is 1. The average Bonchev–Trinajstić information content (AvgIpc) is 2.52. The number of aliphatic imine (C=N–C) groups is 1. The fourth-order valence-electron chi connectivity index (χ4n) is 1.54. The molecule has 1 aromatic rings. The third kappa shape index (κ3) is 1.91. The molecule has 16 heavy (non-hydrogen) atoms. The van der Waals surface area contributed by atoms with E-state index in [1.807, 2.05) is 18.2 Å². The van der Waals surface area contributed by atoms with Crippen molar-refractivity contribution in [2.24, 2.45) is 16.6 Å². The van der Waals surface area contributed by atoms with Crippen molar-refractivity contribution < 1.29 is 4.74 Å². The van der Waals surface area contributed by atoms with Gasteiger partial charge in [-0.2, -0.15) is 0 Å². The van der Waals surface area contributed by atoms with Crippen LogP contribution >= 0.6 is 0 Å². The molecule has 2 rings (SSSR count). The largest absolute Gasteiger partial charge is 0.493 e. The fraction of sp³-hybridized carbons (Fsp3) is 0.333. The van der Waals surface area contributed by atoms with Gasteiger partial charge in [-0.3, -0.25) is 5.41 Å². The van der Waals surface area contributed by atoms with Gasteiger partial charge in [-0.1, -0.05) is 13.8 Å². The van der Waals surface area contributed by atoms with Crippen LogP contribution in [0.5, 0.6) is 5.75 Å². The molecule has 0 amide bonds. The van der Waals surface area contributed by atoms with Crippen LogP contribution in [0.25, 0.3) is 0 Å². The second-order valence-electron chi connectivity index (χ2n) is 4.26. The molecule has 0 saturated heterocycles. The van der Waals surface area contributed by atoms with Gasteiger partial charge in [0.25, 0.3) is 0 Å². The van der Waals surface area contributed by atoms with E-state index in [-0.39, 0.29) is 5.84 Å². The van der Waals surface area contributed by atoms with Gasteiger partial charge in [0, 0.05) is 11.1 Å². The normalized spacial score (nSPS) is 13.9. The average molecular weight is 217 g/mol. The zero-order valence-electron chi connectivity index (χ0n) is 9.45. The summed E-state index contributed by atoms with van der Waals surface area (Å²) < 4.78 is 5.59. The number of nitrogens with one attached hydrogen (secondary N) is 1. The predicted molar refractivity (Wildman–Crippen MR) is 64.3 cm³/mol. The van der Waals surface area contributed by atoms with Crippen LogP contribution in [-0.4, -0.2) is 18.3 Å². The summed E-state index contributed by atoms with van der Waals surface area (Å²) in [5.41, 5.74) is 7.25. The summed E-state index contributed by atoms with van der Waals surface area (Å²) >= 11 is 0. The Hall–Kier alpha value is -1.84. The molecule has 0 atom stereocenters. The van der Waals surface area contributed by atoms with E-state index in [0.29, 0.717) is 18.4 Å². The van der Waals surface area contributed by atoms with Gasteiger partial charge in [-0.25, -0.2) is 4.99 Å². The molecule has 0 aliphatic carbocycles. The highest BCUT2D eigenvalue weighted by atomic mass is 16.5. The second-order valence-corrected chi connectivity index (χ2v) is 4.26. The van der Waals surface area contributed by atoms with E-state index in [2.05, 4.69) is 18.8 Å². The summed E-state index contributed by atoms with van der Waals surface area (Å²) in [5, 5.41) is 7.65. The molecule has 0 unspecified atom stereocenters. The molecule has 1 aromatic carbocycles. The van der Waals surface area contributed by atoms with Crippen molar-refractivity contribution in [1.82, 2.24) is 0 Å². The summed E-state index contributed by atoms with van der Waals surface area (Å²) in [7, 11) is 0. The molecule has 1 aliphatic rings. The molecule has 0 fully saturated rings. The highest BCUT2D eigenvalue weighted by Gasteiger charge is 2.18. The lowest BCUT2D eigenvalue weighted by Crippen LogP contribution is -2.10. The van der Waals surface area contributed by atoms with Gasteiger partial charge in [-0.05, 0) is 24.1 Å². The summed E-state index contributed by atoms with van der Waals surface area (Å²) in [6.45, 7) is 4.86. The van der Waals surface area contributed by atoms with E-state index >= 15 is 0 Å². The number of amidine groups is 2. The van der Waals surface area contributed by atoms with Crippen LogP contribution in [0.15, 0.2) is 23.2 Å². The van der Waals surface area contributed by atoms with Gasteiger partial charge in [-0.15, -0.1) is 0 Å². The molecular formula is C12H15N3O. The molecule has 4 nitrogen and oxygen atoms in total. The minimum atomic E-state index is 0.211. The third-order valence-corrected chi connectivity index (χ3v) is 2.34. The lowest BCUT2D eigenvalue weighted by molar-refractivity contribution is 0.271. The zero-order chi connectivity index (χ0) is 11.7. The van der Waals surface area contributed by atoms with Crippen LogP contribution < -0.4 is 10.5 Å². The van der Waals surface area contributed by atoms with Crippen molar-refractivity contribution in [1.29, 1.82) is 5.41 Å². The van der Waals surface area contributed by atoms with E-state index in [1.54, 1.807) is 0 Å². The van der Waals surface area contributed by atoms with Crippen molar-refractivity contribution in [2.45, 2.75) is 13.8 Å². The lowest BCUT2D eigenvalue weighted by Gasteiger charge is -2.09. The maximum atomic E-state index is 7.65. The van der Waals surface area contributed by atoms with Crippen LogP contribution in [0.3, 0.4) is 0 Å². The molecule has 0 bridgehead atoms. The summed E-state index contributed by atoms with van der Waals surface area (Å²) in [6.07, 6.45) is 0. The van der Waals surface area contributed by atoms with Crippen molar-refractivity contribution in [2.75, 3.05) is 6.61 Å². The number of benzene rings is 1. The molecule has 1 aliphatic heterocycles. The Morgan fingerprint density at radius 3 is 2.81 bits per heavy atom. The molecule has 84 valence electrons. The minimum Gasteiger partial charge on any atom is -0.493 e. The van der Waals surface area contributed by atoms with Gasteiger partial charge < -0.3 is 10.5 Å². The SMILES string of the molecule is CC(C)COc1ccc2c(c1)C(=N)N=C2N. The minimum absolute atomic E-state index is 0.211. The van der Waals surface area contributed by atoms with Crippen molar-refractivity contribution in [3.8, 4) is 5.75 Å². The Morgan fingerprint density at radius 2 is 2.12 bits per heavy atom. The first kappa shape index (κ1) is 10.7. The monoisotopic (exact) mass is 217 g/mol. The van der Waals surface area contributed by atoms with Gasteiger partial charge in [0.2, 0.25) is 0 Å².